The highest BCUT2D eigenvalue weighted by Gasteiger charge is 2.07. The predicted octanol–water partition coefficient (Wildman–Crippen LogP) is 2.09. The van der Waals surface area contributed by atoms with Gasteiger partial charge in [0.05, 0.1) is 6.20 Å². The molecule has 0 fully saturated rings. The maximum absolute atomic E-state index is 4.28. The molecule has 0 saturated heterocycles. The van der Waals surface area contributed by atoms with Gasteiger partial charge in [-0.05, 0) is 17.5 Å². The van der Waals surface area contributed by atoms with Crippen LogP contribution in [0.4, 0.5) is 0 Å². The summed E-state index contributed by atoms with van der Waals surface area (Å²) in [6.07, 6.45) is 3.73. The fraction of sp³-hybridized carbons (Fsp3) is 0.400. The largest absolute Gasteiger partial charge is 0.250 e. The molecule has 2 heterocycles. The first-order chi connectivity index (χ1) is 6.20. The zero-order valence-corrected chi connectivity index (χ0v) is 8.15. The van der Waals surface area contributed by atoms with Crippen molar-refractivity contribution in [1.82, 2.24) is 14.8 Å². The van der Waals surface area contributed by atoms with Crippen LogP contribution >= 0.6 is 0 Å². The van der Waals surface area contributed by atoms with Crippen LogP contribution in [0, 0.1) is 0 Å². The van der Waals surface area contributed by atoms with Crippen molar-refractivity contribution in [2.24, 2.45) is 7.05 Å². The van der Waals surface area contributed by atoms with Crippen molar-refractivity contribution < 1.29 is 0 Å². The number of aryl methyl sites for hydroxylation is 1. The SMILES string of the molecule is CC(C)c1ccnc2c1cnn2C. The van der Waals surface area contributed by atoms with Gasteiger partial charge in [-0.15, -0.1) is 0 Å². The minimum absolute atomic E-state index is 0.523. The number of nitrogens with zero attached hydrogens (tertiary/aromatic N) is 3. The Hall–Kier alpha value is -1.38. The molecule has 0 bridgehead atoms. The normalized spacial score (nSPS) is 11.4. The van der Waals surface area contributed by atoms with E-state index in [1.54, 1.807) is 4.68 Å². The molecular formula is C10H13N3. The third-order valence-corrected chi connectivity index (χ3v) is 2.29. The maximum atomic E-state index is 4.28. The van der Waals surface area contributed by atoms with Crippen molar-refractivity contribution >= 4 is 11.0 Å². The van der Waals surface area contributed by atoms with E-state index in [4.69, 9.17) is 0 Å². The first-order valence-electron chi connectivity index (χ1n) is 4.46. The summed E-state index contributed by atoms with van der Waals surface area (Å²) >= 11 is 0. The third-order valence-electron chi connectivity index (χ3n) is 2.29. The van der Waals surface area contributed by atoms with E-state index in [9.17, 15) is 0 Å². The summed E-state index contributed by atoms with van der Waals surface area (Å²) < 4.78 is 1.81. The van der Waals surface area contributed by atoms with Crippen LogP contribution in [0.5, 0.6) is 0 Å². The first kappa shape index (κ1) is 8.23. The van der Waals surface area contributed by atoms with Crippen molar-refractivity contribution in [2.75, 3.05) is 0 Å². The lowest BCUT2D eigenvalue weighted by atomic mass is 10.0. The third kappa shape index (κ3) is 1.20. The lowest BCUT2D eigenvalue weighted by Gasteiger charge is -2.05. The summed E-state index contributed by atoms with van der Waals surface area (Å²) in [6.45, 7) is 4.36. The first-order valence-corrected chi connectivity index (χ1v) is 4.46. The second-order valence-corrected chi connectivity index (χ2v) is 3.56. The zero-order valence-electron chi connectivity index (χ0n) is 8.15. The molecule has 3 nitrogen and oxygen atoms in total. The van der Waals surface area contributed by atoms with Crippen molar-refractivity contribution in [1.29, 1.82) is 0 Å². The molecule has 0 aliphatic heterocycles. The molecule has 0 N–H and O–H groups in total. The minimum atomic E-state index is 0.523. The highest BCUT2D eigenvalue weighted by atomic mass is 15.3. The molecule has 2 aromatic heterocycles. The van der Waals surface area contributed by atoms with Gasteiger partial charge in [0.1, 0.15) is 0 Å². The maximum Gasteiger partial charge on any atom is 0.157 e. The van der Waals surface area contributed by atoms with Crippen LogP contribution in [-0.4, -0.2) is 14.8 Å². The van der Waals surface area contributed by atoms with Crippen molar-refractivity contribution in [3.05, 3.63) is 24.0 Å². The monoisotopic (exact) mass is 175 g/mol. The van der Waals surface area contributed by atoms with Crippen molar-refractivity contribution in [2.45, 2.75) is 19.8 Å². The lowest BCUT2D eigenvalue weighted by Crippen LogP contribution is -1.93. The van der Waals surface area contributed by atoms with Gasteiger partial charge in [0.25, 0.3) is 0 Å². The minimum Gasteiger partial charge on any atom is -0.250 e. The van der Waals surface area contributed by atoms with Crippen LogP contribution < -0.4 is 0 Å². The lowest BCUT2D eigenvalue weighted by molar-refractivity contribution is 0.786. The van der Waals surface area contributed by atoms with Crippen LogP contribution in [0.25, 0.3) is 11.0 Å². The topological polar surface area (TPSA) is 30.7 Å². The Balaban J connectivity index is 2.77. The van der Waals surface area contributed by atoms with Gasteiger partial charge in [0, 0.05) is 18.6 Å². The Morgan fingerprint density at radius 3 is 2.85 bits per heavy atom. The zero-order chi connectivity index (χ0) is 9.42. The smallest absolute Gasteiger partial charge is 0.157 e. The number of hydrogen-bond acceptors (Lipinski definition) is 2. The molecule has 13 heavy (non-hydrogen) atoms. The van der Waals surface area contributed by atoms with Crippen molar-refractivity contribution in [3.63, 3.8) is 0 Å². The molecule has 3 heteroatoms. The molecule has 0 amide bonds. The number of aromatic nitrogens is 3. The van der Waals surface area contributed by atoms with Gasteiger partial charge in [-0.2, -0.15) is 5.10 Å². The number of rotatable bonds is 1. The van der Waals surface area contributed by atoms with Gasteiger partial charge >= 0.3 is 0 Å². The molecule has 0 aliphatic carbocycles. The molecule has 0 radical (unpaired) electrons. The van der Waals surface area contributed by atoms with Gasteiger partial charge in [-0.25, -0.2) is 4.98 Å². The van der Waals surface area contributed by atoms with E-state index in [-0.39, 0.29) is 0 Å². The van der Waals surface area contributed by atoms with E-state index in [0.717, 1.165) is 5.65 Å². The molecule has 0 aliphatic rings. The molecule has 2 rings (SSSR count). The summed E-state index contributed by atoms with van der Waals surface area (Å²) in [4.78, 5) is 4.28. The highest BCUT2D eigenvalue weighted by Crippen LogP contribution is 2.22. The Kier molecular flexibility index (Phi) is 1.79. The Morgan fingerprint density at radius 1 is 1.38 bits per heavy atom. The molecule has 0 spiro atoms. The van der Waals surface area contributed by atoms with Gasteiger partial charge < -0.3 is 0 Å². The van der Waals surface area contributed by atoms with Crippen LogP contribution in [0.1, 0.15) is 25.3 Å². The van der Waals surface area contributed by atoms with E-state index in [0.29, 0.717) is 5.92 Å². The second-order valence-electron chi connectivity index (χ2n) is 3.56. The van der Waals surface area contributed by atoms with E-state index in [1.165, 1.54) is 10.9 Å². The van der Waals surface area contributed by atoms with E-state index < -0.39 is 0 Å². The number of hydrogen-bond donors (Lipinski definition) is 0. The quantitative estimate of drug-likeness (QED) is 0.664. The van der Waals surface area contributed by atoms with Crippen LogP contribution in [0.2, 0.25) is 0 Å². The summed E-state index contributed by atoms with van der Waals surface area (Å²) in [7, 11) is 1.92. The van der Waals surface area contributed by atoms with Gasteiger partial charge in [-0.1, -0.05) is 13.8 Å². The summed E-state index contributed by atoms with van der Waals surface area (Å²) in [5.41, 5.74) is 2.28. The second kappa shape index (κ2) is 2.83. The Labute approximate surface area is 77.4 Å². The fourth-order valence-corrected chi connectivity index (χ4v) is 1.57. The van der Waals surface area contributed by atoms with Gasteiger partial charge in [0.15, 0.2) is 5.65 Å². The van der Waals surface area contributed by atoms with Crippen LogP contribution in [0.15, 0.2) is 18.5 Å². The molecule has 0 aromatic carbocycles. The average Bonchev–Trinajstić information content (AvgIpc) is 2.48. The highest BCUT2D eigenvalue weighted by molar-refractivity contribution is 5.78. The van der Waals surface area contributed by atoms with Gasteiger partial charge in [-0.3, -0.25) is 4.68 Å². The van der Waals surface area contributed by atoms with Gasteiger partial charge in [0.2, 0.25) is 0 Å². The molecule has 68 valence electrons. The van der Waals surface area contributed by atoms with E-state index in [2.05, 4.69) is 30.0 Å². The molecule has 2 aromatic rings. The Morgan fingerprint density at radius 2 is 2.15 bits per heavy atom. The molecule has 0 atom stereocenters. The Bertz CT molecular complexity index is 429. The predicted molar refractivity (Wildman–Crippen MR) is 52.6 cm³/mol. The van der Waals surface area contributed by atoms with Crippen molar-refractivity contribution in [3.8, 4) is 0 Å². The molecule has 0 saturated carbocycles. The average molecular weight is 175 g/mol. The molecule has 0 unspecified atom stereocenters. The standard InChI is InChI=1S/C10H13N3/c1-7(2)8-4-5-11-10-9(8)6-12-13(10)3/h4-7H,1-3H3. The molecular weight excluding hydrogens is 162 g/mol. The number of fused-ring (bicyclic) bond motifs is 1. The van der Waals surface area contributed by atoms with E-state index >= 15 is 0 Å². The van der Waals surface area contributed by atoms with Crippen LogP contribution in [0.3, 0.4) is 0 Å². The van der Waals surface area contributed by atoms with Crippen LogP contribution in [-0.2, 0) is 7.05 Å². The van der Waals surface area contributed by atoms with E-state index in [1.807, 2.05) is 19.4 Å². The summed E-state index contributed by atoms with van der Waals surface area (Å²) in [5.74, 6) is 0.523. The summed E-state index contributed by atoms with van der Waals surface area (Å²) in [6, 6.07) is 2.06. The fourth-order valence-electron chi connectivity index (χ4n) is 1.57. The number of pyridine rings is 1. The summed E-state index contributed by atoms with van der Waals surface area (Å²) in [5, 5.41) is 5.36.